The van der Waals surface area contributed by atoms with E-state index in [4.69, 9.17) is 9.84 Å². The summed E-state index contributed by atoms with van der Waals surface area (Å²) in [5, 5.41) is 8.88. The van der Waals surface area contributed by atoms with Crippen LogP contribution < -0.4 is 0 Å². The van der Waals surface area contributed by atoms with Crippen LogP contribution >= 0.6 is 0 Å². The molecule has 1 N–H and O–H groups in total. The monoisotopic (exact) mass is 305 g/mol. The zero-order valence-electron chi connectivity index (χ0n) is 12.2. The van der Waals surface area contributed by atoms with Crippen LogP contribution in [-0.4, -0.2) is 53.5 Å². The molecule has 0 spiro atoms. The number of ether oxygens (including phenoxy) is 1. The molecule has 1 aromatic rings. The van der Waals surface area contributed by atoms with Crippen molar-refractivity contribution in [3.05, 3.63) is 35.9 Å². The van der Waals surface area contributed by atoms with Gasteiger partial charge >= 0.3 is 5.97 Å². The maximum atomic E-state index is 12.3. The summed E-state index contributed by atoms with van der Waals surface area (Å²) in [6.07, 6.45) is 0.0716. The van der Waals surface area contributed by atoms with Crippen LogP contribution in [0.25, 0.3) is 0 Å². The third-order valence-corrected chi connectivity index (χ3v) is 3.62. The highest BCUT2D eigenvalue weighted by molar-refractivity contribution is 5.97. The van der Waals surface area contributed by atoms with E-state index >= 15 is 0 Å². The molecule has 0 bridgehead atoms. The lowest BCUT2D eigenvalue weighted by Crippen LogP contribution is -2.49. The minimum absolute atomic E-state index is 0.0861. The van der Waals surface area contributed by atoms with Crippen molar-refractivity contribution in [3.8, 4) is 0 Å². The highest BCUT2D eigenvalue weighted by Gasteiger charge is 2.29. The van der Waals surface area contributed by atoms with Gasteiger partial charge in [-0.05, 0) is 0 Å². The van der Waals surface area contributed by atoms with Gasteiger partial charge < -0.3 is 14.7 Å². The molecule has 0 aromatic heterocycles. The number of hydrogen-bond donors (Lipinski definition) is 1. The second-order valence-electron chi connectivity index (χ2n) is 5.20. The van der Waals surface area contributed by atoms with Crippen molar-refractivity contribution in [1.82, 2.24) is 4.90 Å². The van der Waals surface area contributed by atoms with Crippen molar-refractivity contribution < 1.29 is 24.2 Å². The maximum absolute atomic E-state index is 12.3. The number of amides is 1. The molecule has 2 rings (SSSR count). The molecule has 1 aliphatic rings. The van der Waals surface area contributed by atoms with E-state index < -0.39 is 12.0 Å². The van der Waals surface area contributed by atoms with Crippen LogP contribution in [0.1, 0.15) is 29.6 Å². The summed E-state index contributed by atoms with van der Waals surface area (Å²) in [7, 11) is 0. The number of carbonyl (C=O) groups excluding carboxylic acids is 2. The van der Waals surface area contributed by atoms with E-state index in [1.807, 2.05) is 6.07 Å². The summed E-state index contributed by atoms with van der Waals surface area (Å²) in [5.74, 6) is -1.25. The average Bonchev–Trinajstić information content (AvgIpc) is 2.53. The smallest absolute Gasteiger partial charge is 0.305 e. The number of ketones is 1. The molecule has 1 saturated heterocycles. The van der Waals surface area contributed by atoms with Gasteiger partial charge in [-0.15, -0.1) is 0 Å². The molecule has 0 aliphatic carbocycles. The SMILES string of the molecule is O=C(O)CC1COCCN1C(=O)CCC(=O)c1ccccc1. The fourth-order valence-corrected chi connectivity index (χ4v) is 2.49. The van der Waals surface area contributed by atoms with Crippen molar-refractivity contribution in [1.29, 1.82) is 0 Å². The highest BCUT2D eigenvalue weighted by Crippen LogP contribution is 2.14. The first-order valence-corrected chi connectivity index (χ1v) is 7.25. The molecule has 6 heteroatoms. The largest absolute Gasteiger partial charge is 0.481 e. The number of rotatable bonds is 6. The lowest BCUT2D eigenvalue weighted by atomic mass is 10.1. The minimum Gasteiger partial charge on any atom is -0.481 e. The second kappa shape index (κ2) is 7.70. The van der Waals surface area contributed by atoms with Crippen LogP contribution in [0.2, 0.25) is 0 Å². The number of Topliss-reactive ketones (excluding diaryl/α,β-unsaturated/α-hetero) is 1. The molecule has 118 valence electrons. The predicted molar refractivity (Wildman–Crippen MR) is 78.6 cm³/mol. The Kier molecular flexibility index (Phi) is 5.66. The zero-order valence-corrected chi connectivity index (χ0v) is 12.2. The number of hydrogen-bond acceptors (Lipinski definition) is 4. The van der Waals surface area contributed by atoms with Crippen molar-refractivity contribution >= 4 is 17.7 Å². The standard InChI is InChI=1S/C16H19NO5/c18-14(12-4-2-1-3-5-12)6-7-15(19)17-8-9-22-11-13(17)10-16(20)21/h1-5,13H,6-11H2,(H,20,21). The molecule has 1 aromatic carbocycles. The Morgan fingerprint density at radius 2 is 1.91 bits per heavy atom. The van der Waals surface area contributed by atoms with Gasteiger partial charge in [-0.1, -0.05) is 30.3 Å². The lowest BCUT2D eigenvalue weighted by Gasteiger charge is -2.34. The molecular weight excluding hydrogens is 286 g/mol. The second-order valence-corrected chi connectivity index (χ2v) is 5.20. The lowest BCUT2D eigenvalue weighted by molar-refractivity contribution is -0.146. The van der Waals surface area contributed by atoms with Crippen LogP contribution in [0.5, 0.6) is 0 Å². The first kappa shape index (κ1) is 16.2. The van der Waals surface area contributed by atoms with Crippen molar-refractivity contribution in [2.75, 3.05) is 19.8 Å². The van der Waals surface area contributed by atoms with Crippen LogP contribution in [0.15, 0.2) is 30.3 Å². The summed E-state index contributed by atoms with van der Waals surface area (Å²) < 4.78 is 5.23. The van der Waals surface area contributed by atoms with Crippen molar-refractivity contribution in [2.24, 2.45) is 0 Å². The van der Waals surface area contributed by atoms with Gasteiger partial charge in [0, 0.05) is 24.9 Å². The molecule has 22 heavy (non-hydrogen) atoms. The number of carboxylic acids is 1. The van der Waals surface area contributed by atoms with E-state index in [0.717, 1.165) is 0 Å². The fourth-order valence-electron chi connectivity index (χ4n) is 2.49. The molecule has 1 heterocycles. The Morgan fingerprint density at radius 3 is 2.59 bits per heavy atom. The highest BCUT2D eigenvalue weighted by atomic mass is 16.5. The van der Waals surface area contributed by atoms with E-state index in [-0.39, 0.29) is 37.6 Å². The van der Waals surface area contributed by atoms with E-state index in [1.165, 1.54) is 4.90 Å². The Balaban J connectivity index is 1.90. The molecule has 1 fully saturated rings. The van der Waals surface area contributed by atoms with Gasteiger partial charge in [-0.3, -0.25) is 14.4 Å². The van der Waals surface area contributed by atoms with Crippen molar-refractivity contribution in [2.45, 2.75) is 25.3 Å². The molecule has 1 amide bonds. The summed E-state index contributed by atoms with van der Waals surface area (Å²) in [6, 6.07) is 8.36. The molecule has 1 unspecified atom stereocenters. The number of carbonyl (C=O) groups is 3. The number of nitrogens with zero attached hydrogens (tertiary/aromatic N) is 1. The van der Waals surface area contributed by atoms with Gasteiger partial charge in [0.25, 0.3) is 0 Å². The molecule has 0 saturated carbocycles. The minimum atomic E-state index is -0.964. The third-order valence-electron chi connectivity index (χ3n) is 3.62. The van der Waals surface area contributed by atoms with Gasteiger partial charge in [-0.2, -0.15) is 0 Å². The number of benzene rings is 1. The average molecular weight is 305 g/mol. The molecule has 6 nitrogen and oxygen atoms in total. The molecule has 0 radical (unpaired) electrons. The summed E-state index contributed by atoms with van der Waals surface area (Å²) in [5.41, 5.74) is 0.583. The first-order chi connectivity index (χ1) is 10.6. The van der Waals surface area contributed by atoms with Crippen LogP contribution in [0, 0.1) is 0 Å². The van der Waals surface area contributed by atoms with Crippen LogP contribution in [-0.2, 0) is 14.3 Å². The fraction of sp³-hybridized carbons (Fsp3) is 0.438. The predicted octanol–water partition coefficient (Wildman–Crippen LogP) is 1.35. The molecular formula is C16H19NO5. The number of carboxylic acid groups (broad SMARTS) is 1. The Hall–Kier alpha value is -2.21. The Bertz CT molecular complexity index is 543. The van der Waals surface area contributed by atoms with E-state index in [1.54, 1.807) is 24.3 Å². The molecule has 1 aliphatic heterocycles. The van der Waals surface area contributed by atoms with Crippen LogP contribution in [0.4, 0.5) is 0 Å². The topological polar surface area (TPSA) is 83.9 Å². The van der Waals surface area contributed by atoms with E-state index in [9.17, 15) is 14.4 Å². The quantitative estimate of drug-likeness (QED) is 0.802. The zero-order chi connectivity index (χ0) is 15.9. The van der Waals surface area contributed by atoms with Gasteiger partial charge in [0.2, 0.25) is 5.91 Å². The normalized spacial score (nSPS) is 18.0. The Labute approximate surface area is 128 Å². The van der Waals surface area contributed by atoms with Crippen molar-refractivity contribution in [3.63, 3.8) is 0 Å². The van der Waals surface area contributed by atoms with Gasteiger partial charge in [0.15, 0.2) is 5.78 Å². The van der Waals surface area contributed by atoms with E-state index in [2.05, 4.69) is 0 Å². The summed E-state index contributed by atoms with van der Waals surface area (Å²) >= 11 is 0. The summed E-state index contributed by atoms with van der Waals surface area (Å²) in [4.78, 5) is 36.6. The maximum Gasteiger partial charge on any atom is 0.305 e. The van der Waals surface area contributed by atoms with Gasteiger partial charge in [0.05, 0.1) is 25.7 Å². The molecule has 1 atom stereocenters. The summed E-state index contributed by atoms with van der Waals surface area (Å²) in [6.45, 7) is 0.996. The van der Waals surface area contributed by atoms with Crippen LogP contribution in [0.3, 0.4) is 0 Å². The number of aliphatic carboxylic acids is 1. The van der Waals surface area contributed by atoms with Gasteiger partial charge in [0.1, 0.15) is 0 Å². The third kappa shape index (κ3) is 4.39. The van der Waals surface area contributed by atoms with E-state index in [0.29, 0.717) is 18.7 Å². The first-order valence-electron chi connectivity index (χ1n) is 7.25. The van der Waals surface area contributed by atoms with Gasteiger partial charge in [-0.25, -0.2) is 0 Å². The number of morpholine rings is 1. The Morgan fingerprint density at radius 1 is 1.18 bits per heavy atom.